The normalized spacial score (nSPS) is 12.6. The van der Waals surface area contributed by atoms with E-state index in [-0.39, 0.29) is 18.5 Å². The largest absolute Gasteiger partial charge is 0.466 e. The lowest BCUT2D eigenvalue weighted by Crippen LogP contribution is -2.45. The molecule has 0 spiro atoms. The van der Waals surface area contributed by atoms with Gasteiger partial charge in [-0.3, -0.25) is 9.59 Å². The van der Waals surface area contributed by atoms with Crippen molar-refractivity contribution in [3.05, 3.63) is 24.3 Å². The highest BCUT2D eigenvalue weighted by atomic mass is 16.5. The number of carbonyl (C=O) groups excluding carboxylic acids is 2. The molecule has 0 saturated carbocycles. The Bertz CT molecular complexity index is 1300. The second kappa shape index (κ2) is 72.8. The molecule has 6 nitrogen and oxygen atoms in total. The van der Waals surface area contributed by atoms with Gasteiger partial charge in [-0.05, 0) is 57.8 Å². The topological polar surface area (TPSA) is 95.9 Å². The van der Waals surface area contributed by atoms with E-state index in [0.29, 0.717) is 25.9 Å². The SMILES string of the molecule is CCCCC/C=C\C/C=C\CCCCCCCC(=O)OCCCCCCCCCCCCCCCCCCCCCCCCCCCCCCCCCCCCCCCCCC(=O)NC(CO)C(O)CCCCCCCCCCCCCC. The van der Waals surface area contributed by atoms with E-state index in [2.05, 4.69) is 43.5 Å². The highest BCUT2D eigenvalue weighted by Gasteiger charge is 2.20. The van der Waals surface area contributed by atoms with Crippen molar-refractivity contribution in [3.63, 3.8) is 0 Å². The van der Waals surface area contributed by atoms with Crippen molar-refractivity contribution in [2.75, 3.05) is 13.2 Å². The van der Waals surface area contributed by atoms with E-state index in [1.165, 1.54) is 347 Å². The number of esters is 1. The number of unbranched alkanes of at least 4 members (excludes halogenated alkanes) is 57. The summed E-state index contributed by atoms with van der Waals surface area (Å²) >= 11 is 0. The lowest BCUT2D eigenvalue weighted by atomic mass is 10.0. The van der Waals surface area contributed by atoms with E-state index in [1.807, 2.05) is 0 Å². The number of carbonyl (C=O) groups is 2. The summed E-state index contributed by atoms with van der Waals surface area (Å²) in [7, 11) is 0. The lowest BCUT2D eigenvalue weighted by molar-refractivity contribution is -0.143. The van der Waals surface area contributed by atoms with E-state index in [1.54, 1.807) is 0 Å². The van der Waals surface area contributed by atoms with Crippen molar-refractivity contribution in [2.45, 2.75) is 443 Å². The Labute approximate surface area is 520 Å². The van der Waals surface area contributed by atoms with Crippen LogP contribution < -0.4 is 5.32 Å². The number of ether oxygens (including phenoxy) is 1. The predicted molar refractivity (Wildman–Crippen MR) is 366 cm³/mol. The molecular formula is C77H149NO5. The van der Waals surface area contributed by atoms with Crippen molar-refractivity contribution in [1.82, 2.24) is 5.32 Å². The number of hydrogen-bond donors (Lipinski definition) is 3. The minimum atomic E-state index is -0.658. The van der Waals surface area contributed by atoms with Crippen LogP contribution in [0.15, 0.2) is 24.3 Å². The summed E-state index contributed by atoms with van der Waals surface area (Å²) in [6.45, 7) is 4.95. The minimum absolute atomic E-state index is 0.0106. The average Bonchev–Trinajstić information content (AvgIpc) is 3.49. The summed E-state index contributed by atoms with van der Waals surface area (Å²) in [5, 5.41) is 23.3. The van der Waals surface area contributed by atoms with Crippen LogP contribution in [-0.2, 0) is 14.3 Å². The maximum atomic E-state index is 12.5. The zero-order valence-corrected chi connectivity index (χ0v) is 56.5. The van der Waals surface area contributed by atoms with Crippen LogP contribution in [0.1, 0.15) is 431 Å². The first-order valence-electron chi connectivity index (χ1n) is 38.1. The molecule has 1 amide bonds. The first-order chi connectivity index (χ1) is 41.0. The van der Waals surface area contributed by atoms with Crippen LogP contribution in [0.25, 0.3) is 0 Å². The molecule has 0 aromatic carbocycles. The fourth-order valence-corrected chi connectivity index (χ4v) is 12.2. The van der Waals surface area contributed by atoms with Crippen molar-refractivity contribution in [2.24, 2.45) is 0 Å². The summed E-state index contributed by atoms with van der Waals surface area (Å²) in [6.07, 6.45) is 92.8. The molecule has 0 rings (SSSR count). The van der Waals surface area contributed by atoms with Gasteiger partial charge in [0.05, 0.1) is 25.4 Å². The molecule has 0 aliphatic carbocycles. The van der Waals surface area contributed by atoms with Gasteiger partial charge in [0.15, 0.2) is 0 Å². The van der Waals surface area contributed by atoms with Crippen LogP contribution in [0.3, 0.4) is 0 Å². The van der Waals surface area contributed by atoms with Gasteiger partial charge in [-0.1, -0.05) is 385 Å². The summed E-state index contributed by atoms with van der Waals surface area (Å²) < 4.78 is 5.49. The molecule has 2 unspecified atom stereocenters. The van der Waals surface area contributed by atoms with Crippen LogP contribution in [0.2, 0.25) is 0 Å². The highest BCUT2D eigenvalue weighted by molar-refractivity contribution is 5.76. The van der Waals surface area contributed by atoms with Crippen LogP contribution in [0.5, 0.6) is 0 Å². The summed E-state index contributed by atoms with van der Waals surface area (Å²) in [4.78, 5) is 24.6. The lowest BCUT2D eigenvalue weighted by Gasteiger charge is -2.22. The van der Waals surface area contributed by atoms with Crippen LogP contribution >= 0.6 is 0 Å². The zero-order chi connectivity index (χ0) is 59.9. The van der Waals surface area contributed by atoms with Gasteiger partial charge < -0.3 is 20.3 Å². The van der Waals surface area contributed by atoms with E-state index in [9.17, 15) is 19.8 Å². The van der Waals surface area contributed by atoms with Gasteiger partial charge >= 0.3 is 5.97 Å². The van der Waals surface area contributed by atoms with Crippen LogP contribution in [-0.4, -0.2) is 47.4 Å². The van der Waals surface area contributed by atoms with Crippen molar-refractivity contribution in [1.29, 1.82) is 0 Å². The van der Waals surface area contributed by atoms with E-state index in [4.69, 9.17) is 4.74 Å². The van der Waals surface area contributed by atoms with E-state index in [0.717, 1.165) is 51.4 Å². The number of allylic oxidation sites excluding steroid dienone is 4. The minimum Gasteiger partial charge on any atom is -0.466 e. The molecule has 492 valence electrons. The molecule has 0 radical (unpaired) electrons. The second-order valence-corrected chi connectivity index (χ2v) is 26.3. The Hall–Kier alpha value is -1.66. The first kappa shape index (κ1) is 81.3. The molecule has 0 aromatic heterocycles. The van der Waals surface area contributed by atoms with Gasteiger partial charge in [-0.2, -0.15) is 0 Å². The van der Waals surface area contributed by atoms with E-state index < -0.39 is 12.1 Å². The van der Waals surface area contributed by atoms with Crippen LogP contribution in [0, 0.1) is 0 Å². The van der Waals surface area contributed by atoms with Crippen LogP contribution in [0.4, 0.5) is 0 Å². The van der Waals surface area contributed by atoms with Gasteiger partial charge in [-0.15, -0.1) is 0 Å². The van der Waals surface area contributed by atoms with Crippen molar-refractivity contribution in [3.8, 4) is 0 Å². The first-order valence-corrected chi connectivity index (χ1v) is 38.1. The number of amides is 1. The maximum Gasteiger partial charge on any atom is 0.305 e. The molecule has 0 fully saturated rings. The standard InChI is InChI=1S/C77H149NO5/c1-3-5-7-9-11-13-15-17-43-47-51-55-59-63-67-71-77(82)83-72-68-64-60-56-52-48-45-42-40-38-36-34-32-30-28-26-24-22-20-18-19-21-23-25-27-29-31-33-35-37-39-41-44-46-50-54-58-62-66-70-76(81)78-74(73-79)75(80)69-65-61-57-53-49-16-14-12-10-8-6-4-2/h11,13,17,43,74-75,79-80H,3-10,12,14-16,18-42,44-73H2,1-2H3,(H,78,81)/b13-11-,43-17-. The second-order valence-electron chi connectivity index (χ2n) is 26.3. The molecule has 0 saturated heterocycles. The average molecular weight is 1170 g/mol. The summed E-state index contributed by atoms with van der Waals surface area (Å²) in [6, 6.07) is -0.535. The molecule has 0 aliphatic rings. The third-order valence-corrected chi connectivity index (χ3v) is 18.0. The molecule has 0 bridgehead atoms. The Balaban J connectivity index is 3.27. The Kier molecular flexibility index (Phi) is 71.4. The van der Waals surface area contributed by atoms with Gasteiger partial charge in [0.25, 0.3) is 0 Å². The van der Waals surface area contributed by atoms with Gasteiger partial charge in [-0.25, -0.2) is 0 Å². The molecule has 0 heterocycles. The number of rotatable bonds is 72. The number of nitrogens with one attached hydrogen (secondary N) is 1. The van der Waals surface area contributed by atoms with Crippen molar-refractivity contribution < 1.29 is 24.5 Å². The Morgan fingerprint density at radius 3 is 0.940 bits per heavy atom. The molecule has 0 aromatic rings. The molecule has 83 heavy (non-hydrogen) atoms. The molecular weight excluding hydrogens is 1020 g/mol. The smallest absolute Gasteiger partial charge is 0.305 e. The Morgan fingerprint density at radius 2 is 0.602 bits per heavy atom. The third kappa shape index (κ3) is 69.3. The molecule has 2 atom stereocenters. The monoisotopic (exact) mass is 1170 g/mol. The van der Waals surface area contributed by atoms with Gasteiger partial charge in [0.2, 0.25) is 5.91 Å². The third-order valence-electron chi connectivity index (χ3n) is 18.0. The highest BCUT2D eigenvalue weighted by Crippen LogP contribution is 2.20. The number of hydrogen-bond acceptors (Lipinski definition) is 5. The van der Waals surface area contributed by atoms with Gasteiger partial charge in [0.1, 0.15) is 0 Å². The molecule has 3 N–H and O–H groups in total. The number of aliphatic hydroxyl groups is 2. The fraction of sp³-hybridized carbons (Fsp3) is 0.922. The summed E-state index contributed by atoms with van der Waals surface area (Å²) in [5.41, 5.74) is 0. The van der Waals surface area contributed by atoms with Crippen molar-refractivity contribution >= 4 is 11.9 Å². The zero-order valence-electron chi connectivity index (χ0n) is 56.5. The maximum absolute atomic E-state index is 12.5. The van der Waals surface area contributed by atoms with E-state index >= 15 is 0 Å². The quantitative estimate of drug-likeness (QED) is 0.0320. The fourth-order valence-electron chi connectivity index (χ4n) is 12.2. The summed E-state index contributed by atoms with van der Waals surface area (Å²) in [5.74, 6) is -0.0163. The molecule has 0 aliphatic heterocycles. The molecule has 6 heteroatoms. The number of aliphatic hydroxyl groups excluding tert-OH is 2. The Morgan fingerprint density at radius 1 is 0.337 bits per heavy atom. The predicted octanol–water partition coefficient (Wildman–Crippen LogP) is 24.9. The van der Waals surface area contributed by atoms with Gasteiger partial charge in [0, 0.05) is 12.8 Å².